The molecule has 3 nitrogen and oxygen atoms in total. The summed E-state index contributed by atoms with van der Waals surface area (Å²) in [6, 6.07) is 12.1. The van der Waals surface area contributed by atoms with Crippen molar-refractivity contribution in [1.29, 1.82) is 0 Å². The lowest BCUT2D eigenvalue weighted by atomic mass is 10.2. The van der Waals surface area contributed by atoms with Crippen LogP contribution in [-0.2, 0) is 22.5 Å². The van der Waals surface area contributed by atoms with Crippen LogP contribution in [0.5, 0.6) is 0 Å². The Kier molecular flexibility index (Phi) is 3.91. The molecule has 1 aliphatic heterocycles. The monoisotopic (exact) mass is 273 g/mol. The maximum atomic E-state index is 5.62. The first-order valence-corrected chi connectivity index (χ1v) is 7.17. The lowest BCUT2D eigenvalue weighted by molar-refractivity contribution is -0.00226. The molecule has 0 amide bonds. The molecule has 0 radical (unpaired) electrons. The molecule has 98 valence electrons. The van der Waals surface area contributed by atoms with Gasteiger partial charge >= 0.3 is 0 Å². The summed E-state index contributed by atoms with van der Waals surface area (Å²) in [6.45, 7) is 1.61. The first kappa shape index (κ1) is 12.4. The normalized spacial score (nSPS) is 13.8. The molecule has 0 saturated heterocycles. The summed E-state index contributed by atoms with van der Waals surface area (Å²) >= 11 is 1.76. The SMILES string of the molecule is c1ccc(COCOC2=NCCc3sccc32)cc1. The zero-order chi connectivity index (χ0) is 12.9. The second-order valence-corrected chi connectivity index (χ2v) is 5.29. The standard InChI is InChI=1S/C15H15NO2S/c1-2-4-12(5-3-1)10-17-11-18-15-13-7-9-19-14(13)6-8-16-15/h1-5,7,9H,6,8,10-11H2. The fourth-order valence-corrected chi connectivity index (χ4v) is 2.88. The summed E-state index contributed by atoms with van der Waals surface area (Å²) in [5.41, 5.74) is 2.27. The summed E-state index contributed by atoms with van der Waals surface area (Å²) < 4.78 is 11.1. The molecule has 3 rings (SSSR count). The molecule has 0 fully saturated rings. The number of ether oxygens (including phenoxy) is 2. The number of benzene rings is 1. The van der Waals surface area contributed by atoms with E-state index in [2.05, 4.69) is 16.4 Å². The highest BCUT2D eigenvalue weighted by Crippen LogP contribution is 2.22. The van der Waals surface area contributed by atoms with Crippen LogP contribution >= 0.6 is 11.3 Å². The lowest BCUT2D eigenvalue weighted by Gasteiger charge is -2.14. The van der Waals surface area contributed by atoms with E-state index in [0.29, 0.717) is 6.61 Å². The van der Waals surface area contributed by atoms with Gasteiger partial charge in [-0.05, 0) is 17.0 Å². The molecular formula is C15H15NO2S. The van der Waals surface area contributed by atoms with E-state index in [-0.39, 0.29) is 6.79 Å². The Morgan fingerprint density at radius 3 is 2.95 bits per heavy atom. The molecule has 0 bridgehead atoms. The van der Waals surface area contributed by atoms with E-state index in [1.807, 2.05) is 30.3 Å². The molecule has 4 heteroatoms. The van der Waals surface area contributed by atoms with E-state index < -0.39 is 0 Å². The van der Waals surface area contributed by atoms with Gasteiger partial charge in [0, 0.05) is 17.8 Å². The van der Waals surface area contributed by atoms with Crippen molar-refractivity contribution in [2.24, 2.45) is 4.99 Å². The van der Waals surface area contributed by atoms with Crippen LogP contribution in [0.15, 0.2) is 46.8 Å². The van der Waals surface area contributed by atoms with Crippen molar-refractivity contribution in [3.63, 3.8) is 0 Å². The lowest BCUT2D eigenvalue weighted by Crippen LogP contribution is -2.15. The van der Waals surface area contributed by atoms with Crippen molar-refractivity contribution in [2.75, 3.05) is 13.3 Å². The Labute approximate surface area is 116 Å². The van der Waals surface area contributed by atoms with E-state index in [1.165, 1.54) is 4.88 Å². The fourth-order valence-electron chi connectivity index (χ4n) is 2.02. The Morgan fingerprint density at radius 2 is 2.05 bits per heavy atom. The molecule has 2 heterocycles. The van der Waals surface area contributed by atoms with Gasteiger partial charge in [-0.2, -0.15) is 0 Å². The summed E-state index contributed by atoms with van der Waals surface area (Å²) in [4.78, 5) is 5.76. The maximum Gasteiger partial charge on any atom is 0.219 e. The van der Waals surface area contributed by atoms with Crippen molar-refractivity contribution in [3.05, 3.63) is 57.8 Å². The van der Waals surface area contributed by atoms with Crippen molar-refractivity contribution in [2.45, 2.75) is 13.0 Å². The predicted octanol–water partition coefficient (Wildman–Crippen LogP) is 3.24. The molecule has 2 aromatic rings. The highest BCUT2D eigenvalue weighted by atomic mass is 32.1. The van der Waals surface area contributed by atoms with Crippen LogP contribution in [0.25, 0.3) is 0 Å². The third-order valence-electron chi connectivity index (χ3n) is 2.96. The Bertz CT molecular complexity index is 563. The van der Waals surface area contributed by atoms with Gasteiger partial charge in [-0.15, -0.1) is 11.3 Å². The quantitative estimate of drug-likeness (QED) is 0.632. The molecule has 1 aromatic carbocycles. The number of rotatable bonds is 4. The highest BCUT2D eigenvalue weighted by molar-refractivity contribution is 7.10. The van der Waals surface area contributed by atoms with Crippen LogP contribution < -0.4 is 0 Å². The second-order valence-electron chi connectivity index (χ2n) is 4.29. The summed E-state index contributed by atoms with van der Waals surface area (Å²) in [5, 5.41) is 2.08. The Balaban J connectivity index is 1.50. The Hall–Kier alpha value is -1.65. The number of hydrogen-bond acceptors (Lipinski definition) is 4. The van der Waals surface area contributed by atoms with Crippen molar-refractivity contribution in [3.8, 4) is 0 Å². The van der Waals surface area contributed by atoms with Crippen molar-refractivity contribution in [1.82, 2.24) is 0 Å². The molecule has 1 aromatic heterocycles. The average molecular weight is 273 g/mol. The van der Waals surface area contributed by atoms with Crippen LogP contribution in [0.4, 0.5) is 0 Å². The summed E-state index contributed by atoms with van der Waals surface area (Å²) in [5.74, 6) is 0.718. The smallest absolute Gasteiger partial charge is 0.219 e. The van der Waals surface area contributed by atoms with Gasteiger partial charge in [0.25, 0.3) is 0 Å². The minimum absolute atomic E-state index is 0.239. The van der Waals surface area contributed by atoms with Crippen molar-refractivity contribution >= 4 is 17.2 Å². The zero-order valence-electron chi connectivity index (χ0n) is 10.5. The first-order chi connectivity index (χ1) is 9.43. The molecule has 0 unspecified atom stereocenters. The second kappa shape index (κ2) is 5.99. The van der Waals surface area contributed by atoms with E-state index in [1.54, 1.807) is 11.3 Å². The van der Waals surface area contributed by atoms with Gasteiger partial charge in [-0.3, -0.25) is 4.99 Å². The largest absolute Gasteiger partial charge is 0.450 e. The fraction of sp³-hybridized carbons (Fsp3) is 0.267. The molecular weight excluding hydrogens is 258 g/mol. The van der Waals surface area contributed by atoms with Crippen LogP contribution in [0.3, 0.4) is 0 Å². The third kappa shape index (κ3) is 3.03. The molecule has 1 aliphatic rings. The number of aliphatic imine (C=N–C) groups is 1. The van der Waals surface area contributed by atoms with E-state index in [0.717, 1.165) is 30.0 Å². The van der Waals surface area contributed by atoms with Crippen molar-refractivity contribution < 1.29 is 9.47 Å². The number of thiophene rings is 1. The first-order valence-electron chi connectivity index (χ1n) is 6.29. The van der Waals surface area contributed by atoms with Gasteiger partial charge in [-0.25, -0.2) is 0 Å². The average Bonchev–Trinajstić information content (AvgIpc) is 2.94. The molecule has 0 aliphatic carbocycles. The molecule has 0 saturated carbocycles. The van der Waals surface area contributed by atoms with E-state index in [4.69, 9.17) is 9.47 Å². The van der Waals surface area contributed by atoms with E-state index in [9.17, 15) is 0 Å². The van der Waals surface area contributed by atoms with Crippen LogP contribution in [0.2, 0.25) is 0 Å². The predicted molar refractivity (Wildman–Crippen MR) is 76.6 cm³/mol. The highest BCUT2D eigenvalue weighted by Gasteiger charge is 2.16. The molecule has 0 atom stereocenters. The number of fused-ring (bicyclic) bond motifs is 1. The zero-order valence-corrected chi connectivity index (χ0v) is 11.4. The summed E-state index contributed by atoms with van der Waals surface area (Å²) in [7, 11) is 0. The van der Waals surface area contributed by atoms with Crippen LogP contribution in [0, 0.1) is 0 Å². The van der Waals surface area contributed by atoms with Gasteiger partial charge in [0.2, 0.25) is 5.90 Å². The Morgan fingerprint density at radius 1 is 1.16 bits per heavy atom. The minimum Gasteiger partial charge on any atom is -0.450 e. The summed E-state index contributed by atoms with van der Waals surface area (Å²) in [6.07, 6.45) is 1.02. The van der Waals surface area contributed by atoms with E-state index >= 15 is 0 Å². The van der Waals surface area contributed by atoms with Crippen LogP contribution in [-0.4, -0.2) is 19.2 Å². The van der Waals surface area contributed by atoms with Gasteiger partial charge in [0.05, 0.1) is 12.2 Å². The number of nitrogens with zero attached hydrogens (tertiary/aromatic N) is 1. The topological polar surface area (TPSA) is 30.8 Å². The maximum absolute atomic E-state index is 5.62. The third-order valence-corrected chi connectivity index (χ3v) is 3.94. The van der Waals surface area contributed by atoms with Crippen LogP contribution in [0.1, 0.15) is 16.0 Å². The van der Waals surface area contributed by atoms with Gasteiger partial charge in [0.1, 0.15) is 0 Å². The van der Waals surface area contributed by atoms with Gasteiger partial charge in [0.15, 0.2) is 6.79 Å². The van der Waals surface area contributed by atoms with Gasteiger partial charge < -0.3 is 9.47 Å². The molecule has 0 spiro atoms. The van der Waals surface area contributed by atoms with Gasteiger partial charge in [-0.1, -0.05) is 30.3 Å². The molecule has 0 N–H and O–H groups in total. The minimum atomic E-state index is 0.239. The molecule has 19 heavy (non-hydrogen) atoms. The number of hydrogen-bond donors (Lipinski definition) is 0.